The van der Waals surface area contributed by atoms with Gasteiger partial charge in [-0.25, -0.2) is 4.79 Å². The fourth-order valence-corrected chi connectivity index (χ4v) is 1.87. The first kappa shape index (κ1) is 13.4. The monoisotopic (exact) mass is 276 g/mol. The van der Waals surface area contributed by atoms with Crippen molar-refractivity contribution < 1.29 is 14.6 Å². The minimum absolute atomic E-state index is 0.372. The lowest BCUT2D eigenvalue weighted by atomic mass is 10.1. The van der Waals surface area contributed by atoms with E-state index in [1.54, 1.807) is 12.1 Å². The van der Waals surface area contributed by atoms with Gasteiger partial charge in [0.15, 0.2) is 6.10 Å². The van der Waals surface area contributed by atoms with Crippen LogP contribution in [0, 0.1) is 0 Å². The van der Waals surface area contributed by atoms with Gasteiger partial charge in [0.25, 0.3) is 0 Å². The molecule has 0 aliphatic heterocycles. The van der Waals surface area contributed by atoms with Gasteiger partial charge in [0.2, 0.25) is 0 Å². The Kier molecular flexibility index (Phi) is 4.07. The van der Waals surface area contributed by atoms with E-state index in [9.17, 15) is 4.79 Å². The summed E-state index contributed by atoms with van der Waals surface area (Å²) in [6.45, 7) is 1.46. The van der Waals surface area contributed by atoms with Crippen molar-refractivity contribution in [2.75, 3.05) is 0 Å². The van der Waals surface area contributed by atoms with Crippen LogP contribution < -0.4 is 4.74 Å². The van der Waals surface area contributed by atoms with Crippen LogP contribution in [0.25, 0.3) is 11.1 Å². The summed E-state index contributed by atoms with van der Waals surface area (Å²) < 4.78 is 5.27. The Morgan fingerprint density at radius 1 is 1.16 bits per heavy atom. The molecule has 2 rings (SSSR count). The zero-order valence-corrected chi connectivity index (χ0v) is 11.1. The van der Waals surface area contributed by atoms with Gasteiger partial charge in [-0.1, -0.05) is 48.0 Å². The number of hydrogen-bond donors (Lipinski definition) is 1. The highest BCUT2D eigenvalue weighted by Crippen LogP contribution is 2.30. The van der Waals surface area contributed by atoms with Gasteiger partial charge in [-0.05, 0) is 30.2 Å². The Balaban J connectivity index is 2.25. The second-order valence-corrected chi connectivity index (χ2v) is 4.52. The predicted molar refractivity (Wildman–Crippen MR) is 74.6 cm³/mol. The van der Waals surface area contributed by atoms with Gasteiger partial charge in [0.1, 0.15) is 5.75 Å². The number of carboxylic acid groups (broad SMARTS) is 1. The van der Waals surface area contributed by atoms with Crippen LogP contribution in [0.4, 0.5) is 0 Å². The molecule has 1 unspecified atom stereocenters. The maximum atomic E-state index is 10.7. The lowest BCUT2D eigenvalue weighted by Gasteiger charge is -2.12. The molecule has 0 fully saturated rings. The summed E-state index contributed by atoms with van der Waals surface area (Å²) in [4.78, 5) is 10.7. The van der Waals surface area contributed by atoms with Crippen molar-refractivity contribution in [3.05, 3.63) is 53.6 Å². The number of halogens is 1. The summed E-state index contributed by atoms with van der Waals surface area (Å²) in [5, 5.41) is 9.20. The number of carboxylic acids is 1. The average molecular weight is 277 g/mol. The average Bonchev–Trinajstić information content (AvgIpc) is 2.41. The van der Waals surface area contributed by atoms with E-state index in [0.717, 1.165) is 11.1 Å². The van der Waals surface area contributed by atoms with Gasteiger partial charge < -0.3 is 9.84 Å². The smallest absolute Gasteiger partial charge is 0.344 e. The van der Waals surface area contributed by atoms with Crippen LogP contribution in [0.1, 0.15) is 6.92 Å². The summed E-state index contributed by atoms with van der Waals surface area (Å²) in [7, 11) is 0. The summed E-state index contributed by atoms with van der Waals surface area (Å²) in [5.74, 6) is -0.653. The summed E-state index contributed by atoms with van der Waals surface area (Å²) >= 11 is 6.11. The van der Waals surface area contributed by atoms with Crippen molar-refractivity contribution in [2.24, 2.45) is 0 Å². The summed E-state index contributed by atoms with van der Waals surface area (Å²) in [5.41, 5.74) is 2.00. The van der Waals surface area contributed by atoms with Crippen molar-refractivity contribution in [3.63, 3.8) is 0 Å². The van der Waals surface area contributed by atoms with Gasteiger partial charge in [0, 0.05) is 0 Å². The highest BCUT2D eigenvalue weighted by atomic mass is 35.5. The highest BCUT2D eigenvalue weighted by Gasteiger charge is 2.14. The standard InChI is InChI=1S/C15H13ClO3/c1-10(15(17)18)19-14-8-7-12(9-13(14)16)11-5-3-2-4-6-11/h2-10H,1H3,(H,17,18). The SMILES string of the molecule is CC(Oc1ccc(-c2ccccc2)cc1Cl)C(=O)O. The second-order valence-electron chi connectivity index (χ2n) is 4.11. The van der Waals surface area contributed by atoms with E-state index in [1.165, 1.54) is 6.92 Å². The van der Waals surface area contributed by atoms with Crippen molar-refractivity contribution in [3.8, 4) is 16.9 Å². The van der Waals surface area contributed by atoms with E-state index in [2.05, 4.69) is 0 Å². The molecule has 0 spiro atoms. The Labute approximate surface area is 116 Å². The molecule has 98 valence electrons. The normalized spacial score (nSPS) is 11.9. The van der Waals surface area contributed by atoms with E-state index < -0.39 is 12.1 Å². The van der Waals surface area contributed by atoms with Crippen LogP contribution in [-0.2, 0) is 4.79 Å². The second kappa shape index (κ2) is 5.76. The molecule has 0 amide bonds. The molecular formula is C15H13ClO3. The van der Waals surface area contributed by atoms with Crippen LogP contribution in [-0.4, -0.2) is 17.2 Å². The molecule has 0 aliphatic carbocycles. The molecule has 2 aromatic rings. The lowest BCUT2D eigenvalue weighted by molar-refractivity contribution is -0.144. The molecule has 3 nitrogen and oxygen atoms in total. The largest absolute Gasteiger partial charge is 0.479 e. The molecule has 0 saturated carbocycles. The first-order valence-electron chi connectivity index (χ1n) is 5.82. The molecule has 4 heteroatoms. The molecule has 19 heavy (non-hydrogen) atoms. The molecule has 0 aromatic heterocycles. The highest BCUT2D eigenvalue weighted by molar-refractivity contribution is 6.32. The number of ether oxygens (including phenoxy) is 1. The molecule has 0 bridgehead atoms. The fourth-order valence-electron chi connectivity index (χ4n) is 1.65. The van der Waals surface area contributed by atoms with E-state index in [-0.39, 0.29) is 0 Å². The van der Waals surface area contributed by atoms with Crippen LogP contribution >= 0.6 is 11.6 Å². The van der Waals surface area contributed by atoms with Gasteiger partial charge in [-0.15, -0.1) is 0 Å². The molecule has 0 saturated heterocycles. The number of hydrogen-bond acceptors (Lipinski definition) is 2. The van der Waals surface area contributed by atoms with Gasteiger partial charge >= 0.3 is 5.97 Å². The maximum Gasteiger partial charge on any atom is 0.344 e. The van der Waals surface area contributed by atoms with Crippen LogP contribution in [0.2, 0.25) is 5.02 Å². The van der Waals surface area contributed by atoms with Gasteiger partial charge in [-0.3, -0.25) is 0 Å². The van der Waals surface area contributed by atoms with E-state index in [0.29, 0.717) is 10.8 Å². The molecular weight excluding hydrogens is 264 g/mol. The molecule has 0 aliphatic rings. The van der Waals surface area contributed by atoms with Gasteiger partial charge in [0.05, 0.1) is 5.02 Å². The van der Waals surface area contributed by atoms with Gasteiger partial charge in [-0.2, -0.15) is 0 Å². The lowest BCUT2D eigenvalue weighted by Crippen LogP contribution is -2.22. The number of carbonyl (C=O) groups is 1. The van der Waals surface area contributed by atoms with Crippen molar-refractivity contribution in [1.82, 2.24) is 0 Å². The molecule has 0 radical (unpaired) electrons. The Hall–Kier alpha value is -2.00. The minimum atomic E-state index is -1.02. The molecule has 0 heterocycles. The number of benzene rings is 2. The minimum Gasteiger partial charge on any atom is -0.479 e. The third-order valence-corrected chi connectivity index (χ3v) is 2.99. The fraction of sp³-hybridized carbons (Fsp3) is 0.133. The van der Waals surface area contributed by atoms with Crippen molar-refractivity contribution in [1.29, 1.82) is 0 Å². The maximum absolute atomic E-state index is 10.7. The van der Waals surface area contributed by atoms with E-state index in [1.807, 2.05) is 36.4 Å². The Morgan fingerprint density at radius 2 is 1.84 bits per heavy atom. The Morgan fingerprint density at radius 3 is 2.42 bits per heavy atom. The van der Waals surface area contributed by atoms with Crippen LogP contribution in [0.5, 0.6) is 5.75 Å². The predicted octanol–water partition coefficient (Wildman–Crippen LogP) is 3.86. The zero-order chi connectivity index (χ0) is 13.8. The van der Waals surface area contributed by atoms with Crippen molar-refractivity contribution >= 4 is 17.6 Å². The van der Waals surface area contributed by atoms with E-state index in [4.69, 9.17) is 21.4 Å². The van der Waals surface area contributed by atoms with Crippen LogP contribution in [0.15, 0.2) is 48.5 Å². The third-order valence-electron chi connectivity index (χ3n) is 2.69. The molecule has 1 atom stereocenters. The topological polar surface area (TPSA) is 46.5 Å². The first-order valence-corrected chi connectivity index (χ1v) is 6.20. The van der Waals surface area contributed by atoms with Crippen molar-refractivity contribution in [2.45, 2.75) is 13.0 Å². The number of aliphatic carboxylic acids is 1. The first-order chi connectivity index (χ1) is 9.08. The summed E-state index contributed by atoms with van der Waals surface area (Å²) in [6.07, 6.45) is -0.930. The van der Waals surface area contributed by atoms with E-state index >= 15 is 0 Å². The molecule has 2 aromatic carbocycles. The quantitative estimate of drug-likeness (QED) is 0.922. The number of rotatable bonds is 4. The zero-order valence-electron chi connectivity index (χ0n) is 10.3. The summed E-state index contributed by atoms with van der Waals surface area (Å²) in [6, 6.07) is 15.1. The Bertz CT molecular complexity index is 581. The third kappa shape index (κ3) is 3.26. The van der Waals surface area contributed by atoms with Crippen LogP contribution in [0.3, 0.4) is 0 Å². The molecule has 1 N–H and O–H groups in total.